The minimum atomic E-state index is 0.0427. The maximum Gasteiger partial charge on any atom is 0.246 e. The van der Waals surface area contributed by atoms with Crippen molar-refractivity contribution in [1.82, 2.24) is 9.80 Å². The van der Waals surface area contributed by atoms with E-state index in [1.54, 1.807) is 6.08 Å². The quantitative estimate of drug-likeness (QED) is 0.771. The molecule has 1 aliphatic heterocycles. The molecule has 2 aliphatic rings. The molecule has 0 aromatic heterocycles. The van der Waals surface area contributed by atoms with Crippen molar-refractivity contribution in [3.63, 3.8) is 0 Å². The molecule has 1 heterocycles. The second-order valence-electron chi connectivity index (χ2n) is 7.05. The number of likely N-dealkylation sites (tertiary alicyclic amines) is 1. The van der Waals surface area contributed by atoms with Gasteiger partial charge in [-0.1, -0.05) is 30.3 Å². The maximum atomic E-state index is 12.8. The van der Waals surface area contributed by atoms with Gasteiger partial charge in [0.2, 0.25) is 11.8 Å². The van der Waals surface area contributed by atoms with Crippen LogP contribution in [-0.4, -0.2) is 47.3 Å². The van der Waals surface area contributed by atoms with Gasteiger partial charge in [0, 0.05) is 37.7 Å². The summed E-state index contributed by atoms with van der Waals surface area (Å²) in [7, 11) is 0. The molecule has 0 spiro atoms. The third-order valence-corrected chi connectivity index (χ3v) is 5.51. The fraction of sp³-hybridized carbons (Fsp3) is 0.524. The van der Waals surface area contributed by atoms with Crippen molar-refractivity contribution >= 4 is 17.9 Å². The van der Waals surface area contributed by atoms with Crippen molar-refractivity contribution < 1.29 is 9.59 Å². The Balaban J connectivity index is 1.50. The summed E-state index contributed by atoms with van der Waals surface area (Å²) in [6.45, 7) is 4.24. The molecule has 2 fully saturated rings. The predicted molar refractivity (Wildman–Crippen MR) is 99.8 cm³/mol. The SMILES string of the molecule is CCN(C(=O)C1CCN(C(=O)C=Cc2ccccc2)CC1)C1CCC1. The molecule has 1 aliphatic carbocycles. The minimum Gasteiger partial charge on any atom is -0.340 e. The van der Waals surface area contributed by atoms with E-state index in [4.69, 9.17) is 0 Å². The van der Waals surface area contributed by atoms with Gasteiger partial charge in [0.15, 0.2) is 0 Å². The van der Waals surface area contributed by atoms with Crippen LogP contribution in [0.4, 0.5) is 0 Å². The van der Waals surface area contributed by atoms with E-state index in [0.29, 0.717) is 25.0 Å². The van der Waals surface area contributed by atoms with Crippen LogP contribution in [0, 0.1) is 5.92 Å². The van der Waals surface area contributed by atoms with Gasteiger partial charge in [-0.15, -0.1) is 0 Å². The van der Waals surface area contributed by atoms with Crippen molar-refractivity contribution in [3.8, 4) is 0 Å². The van der Waals surface area contributed by atoms with Gasteiger partial charge in [0.25, 0.3) is 0 Å². The standard InChI is InChI=1S/C21H28N2O2/c1-2-23(19-9-6-10-19)21(25)18-13-15-22(16-14-18)20(24)12-11-17-7-4-3-5-8-17/h3-5,7-8,11-12,18-19H,2,6,9-10,13-16H2,1H3. The Morgan fingerprint density at radius 2 is 1.80 bits per heavy atom. The molecule has 0 bridgehead atoms. The Morgan fingerprint density at radius 3 is 2.36 bits per heavy atom. The number of carbonyl (C=O) groups excluding carboxylic acids is 2. The van der Waals surface area contributed by atoms with Crippen LogP contribution in [0.2, 0.25) is 0 Å². The van der Waals surface area contributed by atoms with E-state index in [1.165, 1.54) is 6.42 Å². The second kappa shape index (κ2) is 8.32. The van der Waals surface area contributed by atoms with E-state index in [1.807, 2.05) is 41.3 Å². The summed E-state index contributed by atoms with van der Waals surface area (Å²) in [6, 6.07) is 10.3. The van der Waals surface area contributed by atoms with Crippen molar-refractivity contribution in [2.24, 2.45) is 5.92 Å². The zero-order valence-corrected chi connectivity index (χ0v) is 15.1. The predicted octanol–water partition coefficient (Wildman–Crippen LogP) is 3.34. The van der Waals surface area contributed by atoms with E-state index in [9.17, 15) is 9.59 Å². The topological polar surface area (TPSA) is 40.6 Å². The smallest absolute Gasteiger partial charge is 0.246 e. The van der Waals surface area contributed by atoms with E-state index < -0.39 is 0 Å². The number of piperidine rings is 1. The van der Waals surface area contributed by atoms with Gasteiger partial charge in [0.05, 0.1) is 0 Å². The van der Waals surface area contributed by atoms with Gasteiger partial charge in [0.1, 0.15) is 0 Å². The average Bonchev–Trinajstić information content (AvgIpc) is 2.63. The number of nitrogens with zero attached hydrogens (tertiary/aromatic N) is 2. The summed E-state index contributed by atoms with van der Waals surface area (Å²) < 4.78 is 0. The molecular formula is C21H28N2O2. The highest BCUT2D eigenvalue weighted by molar-refractivity contribution is 5.92. The fourth-order valence-electron chi connectivity index (χ4n) is 3.71. The van der Waals surface area contributed by atoms with Crippen LogP contribution in [0.5, 0.6) is 0 Å². The molecule has 1 aromatic rings. The lowest BCUT2D eigenvalue weighted by Crippen LogP contribution is -2.49. The summed E-state index contributed by atoms with van der Waals surface area (Å²) >= 11 is 0. The van der Waals surface area contributed by atoms with Gasteiger partial charge in [-0.3, -0.25) is 9.59 Å². The van der Waals surface area contributed by atoms with E-state index >= 15 is 0 Å². The lowest BCUT2D eigenvalue weighted by molar-refractivity contribution is -0.142. The second-order valence-corrected chi connectivity index (χ2v) is 7.05. The van der Waals surface area contributed by atoms with Crippen LogP contribution in [-0.2, 0) is 9.59 Å². The highest BCUT2D eigenvalue weighted by Crippen LogP contribution is 2.28. The van der Waals surface area contributed by atoms with Crippen LogP contribution in [0.25, 0.3) is 6.08 Å². The van der Waals surface area contributed by atoms with Crippen molar-refractivity contribution in [2.45, 2.75) is 45.1 Å². The number of hydrogen-bond donors (Lipinski definition) is 0. The molecule has 4 nitrogen and oxygen atoms in total. The van der Waals surface area contributed by atoms with Gasteiger partial charge in [-0.2, -0.15) is 0 Å². The van der Waals surface area contributed by atoms with Gasteiger partial charge < -0.3 is 9.80 Å². The maximum absolute atomic E-state index is 12.8. The Morgan fingerprint density at radius 1 is 1.12 bits per heavy atom. The van der Waals surface area contributed by atoms with Crippen LogP contribution < -0.4 is 0 Å². The highest BCUT2D eigenvalue weighted by atomic mass is 16.2. The summed E-state index contributed by atoms with van der Waals surface area (Å²) in [5.74, 6) is 0.433. The minimum absolute atomic E-state index is 0.0427. The molecule has 4 heteroatoms. The summed E-state index contributed by atoms with van der Waals surface area (Å²) in [4.78, 5) is 29.0. The van der Waals surface area contributed by atoms with E-state index in [2.05, 4.69) is 11.8 Å². The molecule has 0 N–H and O–H groups in total. The molecule has 0 unspecified atom stereocenters. The largest absolute Gasteiger partial charge is 0.340 e. The fourth-order valence-corrected chi connectivity index (χ4v) is 3.71. The lowest BCUT2D eigenvalue weighted by atomic mass is 9.88. The first kappa shape index (κ1) is 17.7. The molecule has 2 amide bonds. The molecule has 134 valence electrons. The molecule has 1 aromatic carbocycles. The number of rotatable bonds is 5. The zero-order valence-electron chi connectivity index (χ0n) is 15.1. The van der Waals surface area contributed by atoms with Crippen LogP contribution in [0.15, 0.2) is 36.4 Å². The Hall–Kier alpha value is -2.10. The summed E-state index contributed by atoms with van der Waals surface area (Å²) in [5.41, 5.74) is 1.03. The molecule has 3 rings (SSSR count). The molecule has 0 atom stereocenters. The third-order valence-electron chi connectivity index (χ3n) is 5.51. The Labute approximate surface area is 150 Å². The summed E-state index contributed by atoms with van der Waals surface area (Å²) in [6.07, 6.45) is 8.62. The monoisotopic (exact) mass is 340 g/mol. The first-order chi connectivity index (χ1) is 12.2. The molecule has 25 heavy (non-hydrogen) atoms. The lowest BCUT2D eigenvalue weighted by Gasteiger charge is -2.40. The Kier molecular flexibility index (Phi) is 5.90. The Bertz CT molecular complexity index is 614. The molecule has 1 saturated heterocycles. The van der Waals surface area contributed by atoms with Crippen LogP contribution >= 0.6 is 0 Å². The van der Waals surface area contributed by atoms with Gasteiger partial charge in [-0.25, -0.2) is 0 Å². The molecule has 0 radical (unpaired) electrons. The van der Waals surface area contributed by atoms with Crippen molar-refractivity contribution in [3.05, 3.63) is 42.0 Å². The highest BCUT2D eigenvalue weighted by Gasteiger charge is 2.34. The normalized spacial score (nSPS) is 19.0. The number of carbonyl (C=O) groups is 2. The van der Waals surface area contributed by atoms with Gasteiger partial charge in [-0.05, 0) is 50.7 Å². The number of amides is 2. The summed E-state index contributed by atoms with van der Waals surface area (Å²) in [5, 5.41) is 0. The molecule has 1 saturated carbocycles. The van der Waals surface area contributed by atoms with Crippen molar-refractivity contribution in [1.29, 1.82) is 0 Å². The first-order valence-corrected chi connectivity index (χ1v) is 9.51. The first-order valence-electron chi connectivity index (χ1n) is 9.51. The molecular weight excluding hydrogens is 312 g/mol. The number of benzene rings is 1. The van der Waals surface area contributed by atoms with Gasteiger partial charge >= 0.3 is 0 Å². The average molecular weight is 340 g/mol. The third kappa shape index (κ3) is 4.30. The number of hydrogen-bond acceptors (Lipinski definition) is 2. The van der Waals surface area contributed by atoms with Crippen molar-refractivity contribution in [2.75, 3.05) is 19.6 Å². The van der Waals surface area contributed by atoms with Crippen LogP contribution in [0.1, 0.15) is 44.6 Å². The van der Waals surface area contributed by atoms with E-state index in [0.717, 1.165) is 37.8 Å². The van der Waals surface area contributed by atoms with E-state index in [-0.39, 0.29) is 11.8 Å². The van der Waals surface area contributed by atoms with Crippen LogP contribution in [0.3, 0.4) is 0 Å². The zero-order chi connectivity index (χ0) is 17.6.